The highest BCUT2D eigenvalue weighted by Gasteiger charge is 2.29. The van der Waals surface area contributed by atoms with Gasteiger partial charge in [0.2, 0.25) is 0 Å². The van der Waals surface area contributed by atoms with E-state index >= 15 is 0 Å². The molecular weight excluding hydrogens is 234 g/mol. The van der Waals surface area contributed by atoms with Crippen LogP contribution in [0.5, 0.6) is 0 Å². The SMILES string of the molecule is C=C1CN(Cc2ccccc2)CC1C[Si](C)(C)C. The third-order valence-corrected chi connectivity index (χ3v) is 5.31. The minimum Gasteiger partial charge on any atom is -0.295 e. The van der Waals surface area contributed by atoms with Crippen LogP contribution in [-0.2, 0) is 6.54 Å². The van der Waals surface area contributed by atoms with Crippen molar-refractivity contribution < 1.29 is 0 Å². The van der Waals surface area contributed by atoms with Crippen molar-refractivity contribution in [3.63, 3.8) is 0 Å². The van der Waals surface area contributed by atoms with Gasteiger partial charge in [0.15, 0.2) is 0 Å². The molecule has 2 rings (SSSR count). The van der Waals surface area contributed by atoms with Crippen molar-refractivity contribution in [1.29, 1.82) is 0 Å². The zero-order valence-electron chi connectivity index (χ0n) is 11.9. The maximum absolute atomic E-state index is 4.29. The van der Waals surface area contributed by atoms with Crippen LogP contribution in [-0.4, -0.2) is 26.1 Å². The summed E-state index contributed by atoms with van der Waals surface area (Å²) in [5.74, 6) is 0.736. The van der Waals surface area contributed by atoms with Gasteiger partial charge in [-0.2, -0.15) is 0 Å². The third kappa shape index (κ3) is 3.82. The Labute approximate surface area is 113 Å². The number of hydrogen-bond donors (Lipinski definition) is 0. The van der Waals surface area contributed by atoms with Gasteiger partial charge in [-0.3, -0.25) is 4.90 Å². The number of likely N-dealkylation sites (tertiary alicyclic amines) is 1. The molecular formula is C16H25NSi. The summed E-state index contributed by atoms with van der Waals surface area (Å²) in [6.45, 7) is 15.0. The molecule has 1 nitrogen and oxygen atoms in total. The molecule has 1 saturated heterocycles. The zero-order valence-corrected chi connectivity index (χ0v) is 12.9. The molecule has 0 saturated carbocycles. The molecule has 1 aliphatic heterocycles. The third-order valence-electron chi connectivity index (χ3n) is 3.59. The minimum atomic E-state index is -0.973. The summed E-state index contributed by atoms with van der Waals surface area (Å²) in [4.78, 5) is 2.54. The molecule has 1 aromatic carbocycles. The Bertz CT molecular complexity index is 405. The Morgan fingerprint density at radius 3 is 2.50 bits per heavy atom. The lowest BCUT2D eigenvalue weighted by Gasteiger charge is -2.22. The second kappa shape index (κ2) is 5.41. The summed E-state index contributed by atoms with van der Waals surface area (Å²) < 4.78 is 0. The average molecular weight is 259 g/mol. The van der Waals surface area contributed by atoms with Gasteiger partial charge in [0.1, 0.15) is 0 Å². The van der Waals surface area contributed by atoms with Gasteiger partial charge in [0, 0.05) is 27.7 Å². The van der Waals surface area contributed by atoms with Crippen LogP contribution in [0.15, 0.2) is 42.5 Å². The molecule has 98 valence electrons. The van der Waals surface area contributed by atoms with E-state index in [0.717, 1.165) is 19.0 Å². The van der Waals surface area contributed by atoms with Crippen LogP contribution >= 0.6 is 0 Å². The lowest BCUT2D eigenvalue weighted by Crippen LogP contribution is -2.26. The molecule has 1 atom stereocenters. The normalized spacial score (nSPS) is 21.5. The molecule has 1 aromatic rings. The fourth-order valence-corrected chi connectivity index (χ4v) is 4.73. The van der Waals surface area contributed by atoms with Crippen molar-refractivity contribution in [2.45, 2.75) is 32.2 Å². The zero-order chi connectivity index (χ0) is 13.2. The molecule has 2 heteroatoms. The number of nitrogens with zero attached hydrogens (tertiary/aromatic N) is 1. The van der Waals surface area contributed by atoms with Gasteiger partial charge in [-0.05, 0) is 17.5 Å². The predicted octanol–water partition coefficient (Wildman–Crippen LogP) is 4.01. The number of rotatable bonds is 4. The van der Waals surface area contributed by atoms with Gasteiger partial charge in [-0.15, -0.1) is 0 Å². The van der Waals surface area contributed by atoms with Crippen LogP contribution in [0.3, 0.4) is 0 Å². The maximum Gasteiger partial charge on any atom is 0.0449 e. The first-order valence-electron chi connectivity index (χ1n) is 6.88. The van der Waals surface area contributed by atoms with E-state index in [0.29, 0.717) is 0 Å². The summed E-state index contributed by atoms with van der Waals surface area (Å²) in [6, 6.07) is 12.2. The second-order valence-corrected chi connectivity index (χ2v) is 12.3. The van der Waals surface area contributed by atoms with Gasteiger partial charge in [0.05, 0.1) is 0 Å². The van der Waals surface area contributed by atoms with E-state index in [1.54, 1.807) is 0 Å². The maximum atomic E-state index is 4.29. The molecule has 1 heterocycles. The van der Waals surface area contributed by atoms with Gasteiger partial charge >= 0.3 is 0 Å². The molecule has 1 unspecified atom stereocenters. The molecule has 0 amide bonds. The summed E-state index contributed by atoms with van der Waals surface area (Å²) in [5, 5.41) is 0. The first kappa shape index (κ1) is 13.6. The van der Waals surface area contributed by atoms with Gasteiger partial charge in [-0.25, -0.2) is 0 Å². The van der Waals surface area contributed by atoms with Crippen LogP contribution in [0.2, 0.25) is 25.7 Å². The molecule has 0 spiro atoms. The average Bonchev–Trinajstić information content (AvgIpc) is 2.58. The monoisotopic (exact) mass is 259 g/mol. The summed E-state index contributed by atoms with van der Waals surface area (Å²) in [7, 11) is -0.973. The molecule has 18 heavy (non-hydrogen) atoms. The lowest BCUT2D eigenvalue weighted by molar-refractivity contribution is 0.321. The standard InChI is InChI=1S/C16H25NSi/c1-14-10-17(11-15-8-6-5-7-9-15)12-16(14)13-18(2,3)4/h5-9,16H,1,10-13H2,2-4H3. The quantitative estimate of drug-likeness (QED) is 0.583. The Morgan fingerprint density at radius 2 is 1.89 bits per heavy atom. The van der Waals surface area contributed by atoms with Crippen LogP contribution in [0.1, 0.15) is 5.56 Å². The van der Waals surface area contributed by atoms with Gasteiger partial charge < -0.3 is 0 Å². The van der Waals surface area contributed by atoms with E-state index in [4.69, 9.17) is 0 Å². The largest absolute Gasteiger partial charge is 0.295 e. The molecule has 1 aliphatic rings. The minimum absolute atomic E-state index is 0.736. The number of hydrogen-bond acceptors (Lipinski definition) is 1. The van der Waals surface area contributed by atoms with Gasteiger partial charge in [0.25, 0.3) is 0 Å². The molecule has 0 bridgehead atoms. The summed E-state index contributed by atoms with van der Waals surface area (Å²) in [6.07, 6.45) is 0. The fourth-order valence-electron chi connectivity index (χ4n) is 2.83. The van der Waals surface area contributed by atoms with Crippen LogP contribution in [0.25, 0.3) is 0 Å². The highest BCUT2D eigenvalue weighted by molar-refractivity contribution is 6.76. The Hall–Kier alpha value is -0.863. The molecule has 1 fully saturated rings. The Morgan fingerprint density at radius 1 is 1.22 bits per heavy atom. The van der Waals surface area contributed by atoms with E-state index in [2.05, 4.69) is 61.5 Å². The first-order chi connectivity index (χ1) is 8.44. The first-order valence-corrected chi connectivity index (χ1v) is 10.6. The summed E-state index contributed by atoms with van der Waals surface area (Å²) in [5.41, 5.74) is 2.87. The van der Waals surface area contributed by atoms with Crippen molar-refractivity contribution in [1.82, 2.24) is 4.90 Å². The highest BCUT2D eigenvalue weighted by Crippen LogP contribution is 2.30. The van der Waals surface area contributed by atoms with Crippen molar-refractivity contribution in [3.05, 3.63) is 48.0 Å². The predicted molar refractivity (Wildman–Crippen MR) is 82.5 cm³/mol. The fraction of sp³-hybridized carbons (Fsp3) is 0.500. The summed E-state index contributed by atoms with van der Waals surface area (Å²) >= 11 is 0. The molecule has 0 aliphatic carbocycles. The topological polar surface area (TPSA) is 3.24 Å². The Balaban J connectivity index is 1.93. The van der Waals surface area contributed by atoms with Crippen LogP contribution < -0.4 is 0 Å². The van der Waals surface area contributed by atoms with E-state index in [9.17, 15) is 0 Å². The van der Waals surface area contributed by atoms with Crippen molar-refractivity contribution in [2.24, 2.45) is 5.92 Å². The van der Waals surface area contributed by atoms with Crippen molar-refractivity contribution in [3.8, 4) is 0 Å². The van der Waals surface area contributed by atoms with E-state index in [-0.39, 0.29) is 0 Å². The van der Waals surface area contributed by atoms with Gasteiger partial charge in [-0.1, -0.05) is 62.1 Å². The second-order valence-electron chi connectivity index (χ2n) is 6.78. The van der Waals surface area contributed by atoms with E-state index < -0.39 is 8.07 Å². The lowest BCUT2D eigenvalue weighted by atomic mass is 10.1. The Kier molecular flexibility index (Phi) is 4.08. The molecule has 0 aromatic heterocycles. The van der Waals surface area contributed by atoms with E-state index in [1.807, 2.05) is 0 Å². The van der Waals surface area contributed by atoms with Crippen molar-refractivity contribution >= 4 is 8.07 Å². The molecule has 0 radical (unpaired) electrons. The van der Waals surface area contributed by atoms with Crippen LogP contribution in [0, 0.1) is 5.92 Å². The molecule has 0 N–H and O–H groups in total. The highest BCUT2D eigenvalue weighted by atomic mass is 28.3. The van der Waals surface area contributed by atoms with E-state index in [1.165, 1.54) is 23.7 Å². The smallest absolute Gasteiger partial charge is 0.0449 e. The van der Waals surface area contributed by atoms with Crippen LogP contribution in [0.4, 0.5) is 0 Å². The van der Waals surface area contributed by atoms with Crippen molar-refractivity contribution in [2.75, 3.05) is 13.1 Å². The number of benzene rings is 1.